The molecule has 0 bridgehead atoms. The molecule has 0 saturated carbocycles. The average Bonchev–Trinajstić information content (AvgIpc) is 2.79. The van der Waals surface area contributed by atoms with Crippen LogP contribution >= 0.6 is 11.6 Å². The summed E-state index contributed by atoms with van der Waals surface area (Å²) in [6.07, 6.45) is -0.153. The summed E-state index contributed by atoms with van der Waals surface area (Å²) in [5.41, 5.74) is 4.43. The molecule has 0 saturated heterocycles. The van der Waals surface area contributed by atoms with Gasteiger partial charge in [0.15, 0.2) is 0 Å². The first-order valence-electron chi connectivity index (χ1n) is 10.6. The molecule has 0 aliphatic rings. The molecule has 0 fully saturated rings. The Morgan fingerprint density at radius 2 is 1.53 bits per heavy atom. The highest BCUT2D eigenvalue weighted by molar-refractivity contribution is 6.31. The summed E-state index contributed by atoms with van der Waals surface area (Å²) in [5, 5.41) is 9.43. The molecular weight excluding hydrogens is 453 g/mol. The van der Waals surface area contributed by atoms with Gasteiger partial charge < -0.3 is 16.0 Å². The topological polar surface area (TPSA) is 78.9 Å². The van der Waals surface area contributed by atoms with E-state index >= 15 is 0 Å². The minimum atomic E-state index is -0.503. The summed E-state index contributed by atoms with van der Waals surface area (Å²) in [7, 11) is 0. The van der Waals surface area contributed by atoms with Gasteiger partial charge in [-0.1, -0.05) is 35.4 Å². The number of carbonyl (C=O) groups excluding carboxylic acids is 1. The Labute approximate surface area is 202 Å². The molecule has 172 valence electrons. The van der Waals surface area contributed by atoms with Crippen molar-refractivity contribution in [3.05, 3.63) is 100 Å². The Morgan fingerprint density at radius 1 is 0.882 bits per heavy atom. The Bertz CT molecular complexity index is 1290. The van der Waals surface area contributed by atoms with Crippen LogP contribution in [0.2, 0.25) is 5.02 Å². The maximum atomic E-state index is 13.9. The molecule has 4 rings (SSSR count). The third kappa shape index (κ3) is 6.08. The first kappa shape index (κ1) is 23.2. The maximum absolute atomic E-state index is 13.9. The van der Waals surface area contributed by atoms with E-state index in [0.29, 0.717) is 17.5 Å². The number of rotatable bonds is 7. The van der Waals surface area contributed by atoms with Crippen LogP contribution in [0.15, 0.2) is 72.8 Å². The second kappa shape index (κ2) is 10.3. The van der Waals surface area contributed by atoms with Crippen LogP contribution < -0.4 is 16.0 Å². The van der Waals surface area contributed by atoms with Crippen molar-refractivity contribution in [2.45, 2.75) is 20.3 Å². The number of aromatic nitrogens is 2. The molecule has 6 nitrogen and oxygen atoms in total. The van der Waals surface area contributed by atoms with E-state index in [2.05, 4.69) is 25.9 Å². The number of hydrogen-bond donors (Lipinski definition) is 3. The summed E-state index contributed by atoms with van der Waals surface area (Å²) in [5.74, 6) is 0.258. The van der Waals surface area contributed by atoms with E-state index < -0.39 is 5.82 Å². The normalized spacial score (nSPS) is 10.6. The number of hydrogen-bond acceptors (Lipinski definition) is 5. The Hall–Kier alpha value is -3.97. The van der Waals surface area contributed by atoms with E-state index in [0.717, 1.165) is 17.1 Å². The quantitative estimate of drug-likeness (QED) is 0.282. The van der Waals surface area contributed by atoms with Gasteiger partial charge in [0.1, 0.15) is 11.6 Å². The predicted octanol–water partition coefficient (Wildman–Crippen LogP) is 6.55. The molecule has 0 radical (unpaired) electrons. The second-order valence-electron chi connectivity index (χ2n) is 7.84. The minimum absolute atomic E-state index is 0.153. The Kier molecular flexibility index (Phi) is 7.04. The van der Waals surface area contributed by atoms with Gasteiger partial charge >= 0.3 is 0 Å². The SMILES string of the molecule is Cc1ccc(Nc2cc(C)nc(Nc3ccc(NC(=O)Cc4c(F)cccc4Cl)cc3)n2)cc1. The molecule has 3 N–H and O–H groups in total. The van der Waals surface area contributed by atoms with E-state index in [1.807, 2.05) is 44.2 Å². The van der Waals surface area contributed by atoms with Crippen LogP contribution in [0.4, 0.5) is 33.2 Å². The largest absolute Gasteiger partial charge is 0.340 e. The smallest absolute Gasteiger partial charge is 0.229 e. The van der Waals surface area contributed by atoms with Crippen LogP contribution in [-0.2, 0) is 11.2 Å². The van der Waals surface area contributed by atoms with Gasteiger partial charge in [-0.05, 0) is 62.4 Å². The Balaban J connectivity index is 1.40. The Morgan fingerprint density at radius 3 is 2.24 bits per heavy atom. The highest BCUT2D eigenvalue weighted by Gasteiger charge is 2.12. The fourth-order valence-corrected chi connectivity index (χ4v) is 3.54. The monoisotopic (exact) mass is 475 g/mol. The molecule has 0 spiro atoms. The summed E-state index contributed by atoms with van der Waals surface area (Å²) in [4.78, 5) is 21.3. The number of anilines is 5. The second-order valence-corrected chi connectivity index (χ2v) is 8.24. The fourth-order valence-electron chi connectivity index (χ4n) is 3.31. The molecule has 1 amide bonds. The summed E-state index contributed by atoms with van der Waals surface area (Å²) < 4.78 is 13.9. The molecule has 0 aliphatic heterocycles. The highest BCUT2D eigenvalue weighted by atomic mass is 35.5. The van der Waals surface area contributed by atoms with Crippen LogP contribution in [-0.4, -0.2) is 15.9 Å². The van der Waals surface area contributed by atoms with Gasteiger partial charge in [0.25, 0.3) is 0 Å². The minimum Gasteiger partial charge on any atom is -0.340 e. The van der Waals surface area contributed by atoms with Crippen molar-refractivity contribution in [1.29, 1.82) is 0 Å². The third-order valence-electron chi connectivity index (χ3n) is 5.00. The number of aryl methyl sites for hydroxylation is 2. The molecule has 0 aliphatic carbocycles. The maximum Gasteiger partial charge on any atom is 0.229 e. The van der Waals surface area contributed by atoms with Crippen molar-refractivity contribution >= 4 is 46.3 Å². The molecule has 1 aromatic heterocycles. The molecule has 3 aromatic carbocycles. The summed E-state index contributed by atoms with van der Waals surface area (Å²) >= 11 is 6.00. The number of nitrogens with one attached hydrogen (secondary N) is 3. The first-order valence-corrected chi connectivity index (χ1v) is 11.0. The lowest BCUT2D eigenvalue weighted by atomic mass is 10.1. The van der Waals surface area contributed by atoms with E-state index in [4.69, 9.17) is 11.6 Å². The molecule has 34 heavy (non-hydrogen) atoms. The summed E-state index contributed by atoms with van der Waals surface area (Å²) in [6, 6.07) is 21.3. The predicted molar refractivity (Wildman–Crippen MR) is 135 cm³/mol. The molecule has 0 unspecified atom stereocenters. The lowest BCUT2D eigenvalue weighted by Gasteiger charge is -2.11. The molecule has 8 heteroatoms. The lowest BCUT2D eigenvalue weighted by Crippen LogP contribution is -2.15. The van der Waals surface area contributed by atoms with Crippen LogP contribution in [0.5, 0.6) is 0 Å². The zero-order chi connectivity index (χ0) is 24.1. The molecule has 1 heterocycles. The molecule has 0 atom stereocenters. The van der Waals surface area contributed by atoms with E-state index in [1.165, 1.54) is 17.7 Å². The third-order valence-corrected chi connectivity index (χ3v) is 5.36. The number of halogens is 2. The lowest BCUT2D eigenvalue weighted by molar-refractivity contribution is -0.115. The van der Waals surface area contributed by atoms with Crippen molar-refractivity contribution in [1.82, 2.24) is 9.97 Å². The number of nitrogens with zero attached hydrogens (tertiary/aromatic N) is 2. The van der Waals surface area contributed by atoms with Gasteiger partial charge in [0.05, 0.1) is 6.42 Å². The van der Waals surface area contributed by atoms with Crippen molar-refractivity contribution in [2.24, 2.45) is 0 Å². The van der Waals surface area contributed by atoms with Gasteiger partial charge in [0, 0.05) is 39.4 Å². The van der Waals surface area contributed by atoms with Gasteiger partial charge in [-0.2, -0.15) is 4.98 Å². The number of amides is 1. The van der Waals surface area contributed by atoms with Crippen LogP contribution in [0.3, 0.4) is 0 Å². The zero-order valence-corrected chi connectivity index (χ0v) is 19.4. The standard InChI is InChI=1S/C26H23ClFN5O/c1-16-6-8-18(9-7-16)30-24-14-17(2)29-26(33-24)32-20-12-10-19(11-13-20)31-25(34)15-21-22(27)4-3-5-23(21)28/h3-14H,15H2,1-2H3,(H,31,34)(H2,29,30,32,33). The highest BCUT2D eigenvalue weighted by Crippen LogP contribution is 2.22. The van der Waals surface area contributed by atoms with E-state index in [9.17, 15) is 9.18 Å². The first-order chi connectivity index (χ1) is 16.4. The van der Waals surface area contributed by atoms with Gasteiger partial charge in [-0.3, -0.25) is 4.79 Å². The van der Waals surface area contributed by atoms with Crippen LogP contribution in [0, 0.1) is 19.7 Å². The van der Waals surface area contributed by atoms with Gasteiger partial charge in [-0.25, -0.2) is 9.37 Å². The number of carbonyl (C=O) groups is 1. The molecule has 4 aromatic rings. The van der Waals surface area contributed by atoms with E-state index in [1.54, 1.807) is 30.3 Å². The van der Waals surface area contributed by atoms with Crippen LogP contribution in [0.25, 0.3) is 0 Å². The zero-order valence-electron chi connectivity index (χ0n) is 18.7. The van der Waals surface area contributed by atoms with Gasteiger partial charge in [0.2, 0.25) is 11.9 Å². The van der Waals surface area contributed by atoms with Crippen molar-refractivity contribution in [3.63, 3.8) is 0 Å². The molecular formula is C26H23ClFN5O. The van der Waals surface area contributed by atoms with Gasteiger partial charge in [-0.15, -0.1) is 0 Å². The van der Waals surface area contributed by atoms with E-state index in [-0.39, 0.29) is 22.9 Å². The van der Waals surface area contributed by atoms with Crippen molar-refractivity contribution in [2.75, 3.05) is 16.0 Å². The average molecular weight is 476 g/mol. The number of benzene rings is 3. The van der Waals surface area contributed by atoms with Crippen molar-refractivity contribution in [3.8, 4) is 0 Å². The fraction of sp³-hybridized carbons (Fsp3) is 0.115. The van der Waals surface area contributed by atoms with Crippen molar-refractivity contribution < 1.29 is 9.18 Å². The summed E-state index contributed by atoms with van der Waals surface area (Å²) in [6.45, 7) is 3.93. The van der Waals surface area contributed by atoms with Crippen LogP contribution in [0.1, 0.15) is 16.8 Å².